The number of benzene rings is 2. The van der Waals surface area contributed by atoms with E-state index < -0.39 is 0 Å². The molecular formula is C17H19BrClN. The Morgan fingerprint density at radius 1 is 1.15 bits per heavy atom. The first-order valence-electron chi connectivity index (χ1n) is 6.84. The molecule has 0 spiro atoms. The Morgan fingerprint density at radius 3 is 2.45 bits per heavy atom. The molecule has 0 aromatic heterocycles. The van der Waals surface area contributed by atoms with Crippen molar-refractivity contribution in [3.8, 4) is 0 Å². The third-order valence-electron chi connectivity index (χ3n) is 3.39. The maximum atomic E-state index is 6.11. The Labute approximate surface area is 134 Å². The average Bonchev–Trinajstić information content (AvgIpc) is 2.44. The molecule has 0 saturated heterocycles. The zero-order chi connectivity index (χ0) is 14.5. The normalized spacial score (nSPS) is 12.4. The summed E-state index contributed by atoms with van der Waals surface area (Å²) in [6.45, 7) is 5.13. The summed E-state index contributed by atoms with van der Waals surface area (Å²) in [7, 11) is 0. The predicted octanol–water partition coefficient (Wildman–Crippen LogP) is 5.30. The molecule has 0 amide bonds. The SMILES string of the molecule is CCNC(Cc1ccc(Br)cc1)c1ccc(Cl)c(C)c1. The second-order valence-electron chi connectivity index (χ2n) is 4.95. The fourth-order valence-electron chi connectivity index (χ4n) is 2.30. The van der Waals surface area contributed by atoms with E-state index in [9.17, 15) is 0 Å². The molecule has 0 radical (unpaired) electrons. The van der Waals surface area contributed by atoms with Crippen molar-refractivity contribution in [3.05, 3.63) is 68.7 Å². The molecule has 2 rings (SSSR count). The van der Waals surface area contributed by atoms with Gasteiger partial charge >= 0.3 is 0 Å². The van der Waals surface area contributed by atoms with Crippen LogP contribution in [-0.2, 0) is 6.42 Å². The lowest BCUT2D eigenvalue weighted by Gasteiger charge is -2.19. The topological polar surface area (TPSA) is 12.0 Å². The Balaban J connectivity index is 2.21. The Hall–Kier alpha value is -0.830. The van der Waals surface area contributed by atoms with Crippen molar-refractivity contribution < 1.29 is 0 Å². The molecule has 0 fully saturated rings. The van der Waals surface area contributed by atoms with E-state index in [0.29, 0.717) is 6.04 Å². The molecule has 106 valence electrons. The molecule has 1 unspecified atom stereocenters. The number of likely N-dealkylation sites (N-methyl/N-ethyl adjacent to an activating group) is 1. The number of hydrogen-bond acceptors (Lipinski definition) is 1. The van der Waals surface area contributed by atoms with Crippen molar-refractivity contribution in [3.63, 3.8) is 0 Å². The van der Waals surface area contributed by atoms with Gasteiger partial charge in [-0.05, 0) is 54.8 Å². The second kappa shape index (κ2) is 7.26. The first kappa shape index (κ1) is 15.6. The molecule has 1 N–H and O–H groups in total. The number of nitrogens with one attached hydrogen (secondary N) is 1. The third kappa shape index (κ3) is 4.08. The first-order chi connectivity index (χ1) is 9.60. The molecule has 0 bridgehead atoms. The van der Waals surface area contributed by atoms with Crippen LogP contribution in [0.4, 0.5) is 0 Å². The minimum Gasteiger partial charge on any atom is -0.310 e. The van der Waals surface area contributed by atoms with E-state index in [2.05, 4.69) is 71.5 Å². The molecule has 1 nitrogen and oxygen atoms in total. The van der Waals surface area contributed by atoms with Gasteiger partial charge in [0.1, 0.15) is 0 Å². The van der Waals surface area contributed by atoms with Gasteiger partial charge in [0.05, 0.1) is 0 Å². The maximum absolute atomic E-state index is 6.11. The molecule has 0 aliphatic rings. The lowest BCUT2D eigenvalue weighted by atomic mass is 9.97. The lowest BCUT2D eigenvalue weighted by Crippen LogP contribution is -2.23. The van der Waals surface area contributed by atoms with Crippen LogP contribution in [0.3, 0.4) is 0 Å². The zero-order valence-corrected chi connectivity index (χ0v) is 14.1. The zero-order valence-electron chi connectivity index (χ0n) is 11.8. The fraction of sp³-hybridized carbons (Fsp3) is 0.294. The summed E-state index contributed by atoms with van der Waals surface area (Å²) in [5.74, 6) is 0. The molecule has 3 heteroatoms. The van der Waals surface area contributed by atoms with Crippen LogP contribution in [0.15, 0.2) is 46.9 Å². The molecular weight excluding hydrogens is 334 g/mol. The fourth-order valence-corrected chi connectivity index (χ4v) is 2.68. The van der Waals surface area contributed by atoms with E-state index in [1.807, 2.05) is 6.07 Å². The summed E-state index contributed by atoms with van der Waals surface area (Å²) in [5, 5.41) is 4.38. The van der Waals surface area contributed by atoms with E-state index in [1.54, 1.807) is 0 Å². The van der Waals surface area contributed by atoms with E-state index in [0.717, 1.165) is 28.0 Å². The lowest BCUT2D eigenvalue weighted by molar-refractivity contribution is 0.549. The summed E-state index contributed by atoms with van der Waals surface area (Å²) >= 11 is 9.59. The van der Waals surface area contributed by atoms with Crippen molar-refractivity contribution in [1.82, 2.24) is 5.32 Å². The molecule has 2 aromatic carbocycles. The minimum atomic E-state index is 0.317. The summed E-state index contributed by atoms with van der Waals surface area (Å²) in [6.07, 6.45) is 0.974. The number of halogens is 2. The van der Waals surface area contributed by atoms with E-state index in [-0.39, 0.29) is 0 Å². The molecule has 2 aromatic rings. The summed E-state index contributed by atoms with van der Waals surface area (Å²) in [5.41, 5.74) is 3.74. The van der Waals surface area contributed by atoms with Crippen molar-refractivity contribution in [1.29, 1.82) is 0 Å². The first-order valence-corrected chi connectivity index (χ1v) is 8.01. The smallest absolute Gasteiger partial charge is 0.0435 e. The predicted molar refractivity (Wildman–Crippen MR) is 90.5 cm³/mol. The molecule has 0 heterocycles. The highest BCUT2D eigenvalue weighted by Crippen LogP contribution is 2.24. The van der Waals surface area contributed by atoms with Crippen molar-refractivity contribution >= 4 is 27.5 Å². The standard InChI is InChI=1S/C17H19BrClN/c1-3-20-17(11-13-4-7-15(18)8-5-13)14-6-9-16(19)12(2)10-14/h4-10,17,20H,3,11H2,1-2H3. The average molecular weight is 353 g/mol. The summed E-state index contributed by atoms with van der Waals surface area (Å²) in [4.78, 5) is 0. The van der Waals surface area contributed by atoms with Crippen LogP contribution in [0.1, 0.15) is 29.7 Å². The van der Waals surface area contributed by atoms with Crippen molar-refractivity contribution in [2.75, 3.05) is 6.54 Å². The Morgan fingerprint density at radius 2 is 1.85 bits per heavy atom. The van der Waals surface area contributed by atoms with Gasteiger partial charge in [-0.15, -0.1) is 0 Å². The van der Waals surface area contributed by atoms with E-state index in [1.165, 1.54) is 11.1 Å². The molecule has 20 heavy (non-hydrogen) atoms. The summed E-state index contributed by atoms with van der Waals surface area (Å²) < 4.78 is 1.11. The van der Waals surface area contributed by atoms with Crippen LogP contribution in [0, 0.1) is 6.92 Å². The van der Waals surface area contributed by atoms with Crippen molar-refractivity contribution in [2.45, 2.75) is 26.3 Å². The number of rotatable bonds is 5. The van der Waals surface area contributed by atoms with Gasteiger partial charge in [0.15, 0.2) is 0 Å². The number of hydrogen-bond donors (Lipinski definition) is 1. The van der Waals surface area contributed by atoms with E-state index in [4.69, 9.17) is 11.6 Å². The quantitative estimate of drug-likeness (QED) is 0.769. The van der Waals surface area contributed by atoms with Gasteiger partial charge in [-0.1, -0.05) is 58.7 Å². The van der Waals surface area contributed by atoms with Crippen LogP contribution in [0.25, 0.3) is 0 Å². The van der Waals surface area contributed by atoms with Crippen molar-refractivity contribution in [2.24, 2.45) is 0 Å². The maximum Gasteiger partial charge on any atom is 0.0435 e. The van der Waals surface area contributed by atoms with Gasteiger partial charge in [0, 0.05) is 15.5 Å². The van der Waals surface area contributed by atoms with Gasteiger partial charge in [0.2, 0.25) is 0 Å². The number of aryl methyl sites for hydroxylation is 1. The Bertz CT molecular complexity index is 566. The highest BCUT2D eigenvalue weighted by molar-refractivity contribution is 9.10. The second-order valence-corrected chi connectivity index (χ2v) is 6.27. The largest absolute Gasteiger partial charge is 0.310 e. The molecule has 0 aliphatic heterocycles. The molecule has 1 atom stereocenters. The molecule has 0 aliphatic carbocycles. The highest BCUT2D eigenvalue weighted by atomic mass is 79.9. The monoisotopic (exact) mass is 351 g/mol. The van der Waals surface area contributed by atoms with Crippen LogP contribution >= 0.6 is 27.5 Å². The minimum absolute atomic E-state index is 0.317. The van der Waals surface area contributed by atoms with Gasteiger partial charge in [-0.3, -0.25) is 0 Å². The van der Waals surface area contributed by atoms with Crippen LogP contribution in [0.2, 0.25) is 5.02 Å². The van der Waals surface area contributed by atoms with Crippen LogP contribution < -0.4 is 5.32 Å². The third-order valence-corrected chi connectivity index (χ3v) is 4.34. The van der Waals surface area contributed by atoms with Gasteiger partial charge in [-0.25, -0.2) is 0 Å². The highest BCUT2D eigenvalue weighted by Gasteiger charge is 2.12. The van der Waals surface area contributed by atoms with Gasteiger partial charge < -0.3 is 5.32 Å². The van der Waals surface area contributed by atoms with E-state index >= 15 is 0 Å². The summed E-state index contributed by atoms with van der Waals surface area (Å²) in [6, 6.07) is 15.1. The van der Waals surface area contributed by atoms with Crippen LogP contribution in [-0.4, -0.2) is 6.54 Å². The Kier molecular flexibility index (Phi) is 5.64. The van der Waals surface area contributed by atoms with Crippen LogP contribution in [0.5, 0.6) is 0 Å². The molecule has 0 saturated carbocycles. The van der Waals surface area contributed by atoms with Gasteiger partial charge in [0.25, 0.3) is 0 Å². The van der Waals surface area contributed by atoms with Gasteiger partial charge in [-0.2, -0.15) is 0 Å².